The molecule has 1 aromatic rings. The fourth-order valence-electron chi connectivity index (χ4n) is 4.26. The Morgan fingerprint density at radius 1 is 1.19 bits per heavy atom. The van der Waals surface area contributed by atoms with E-state index in [4.69, 9.17) is 0 Å². The maximum absolute atomic E-state index is 4.42. The average molecular weight is 372 g/mol. The first-order valence-corrected chi connectivity index (χ1v) is 10.7. The van der Waals surface area contributed by atoms with E-state index in [0.717, 1.165) is 19.0 Å². The zero-order valence-corrected chi connectivity index (χ0v) is 17.4. The lowest BCUT2D eigenvalue weighted by Gasteiger charge is -2.33. The smallest absolute Gasteiger partial charge is 0.191 e. The minimum absolute atomic E-state index is 0.229. The SMILES string of the molecule is CN=C(NCCN1CCCCC1C)NC(C)c1cccc(N2CCCC2)c1. The van der Waals surface area contributed by atoms with Crippen LogP contribution < -0.4 is 15.5 Å². The number of likely N-dealkylation sites (tertiary alicyclic amines) is 1. The third-order valence-electron chi connectivity index (χ3n) is 6.05. The molecule has 2 atom stereocenters. The van der Waals surface area contributed by atoms with Crippen LogP contribution in [0.5, 0.6) is 0 Å². The first kappa shape index (κ1) is 20.0. The van der Waals surface area contributed by atoms with Gasteiger partial charge in [0.15, 0.2) is 5.96 Å². The standard InChI is InChI=1S/C22H37N5/c1-18-9-4-5-13-26(18)16-12-24-22(23-3)25-19(2)20-10-8-11-21(17-20)27-14-6-7-15-27/h8,10-11,17-19H,4-7,9,12-16H2,1-3H3,(H2,23,24,25). The quantitative estimate of drug-likeness (QED) is 0.594. The Labute approximate surface area is 165 Å². The van der Waals surface area contributed by atoms with Gasteiger partial charge in [0.25, 0.3) is 0 Å². The molecule has 0 radical (unpaired) electrons. The van der Waals surface area contributed by atoms with Gasteiger partial charge in [-0.25, -0.2) is 0 Å². The van der Waals surface area contributed by atoms with Gasteiger partial charge in [-0.1, -0.05) is 18.6 Å². The Morgan fingerprint density at radius 3 is 2.70 bits per heavy atom. The molecule has 2 fully saturated rings. The van der Waals surface area contributed by atoms with Crippen LogP contribution in [-0.2, 0) is 0 Å². The van der Waals surface area contributed by atoms with Crippen LogP contribution in [0.2, 0.25) is 0 Å². The largest absolute Gasteiger partial charge is 0.372 e. The number of nitrogens with zero attached hydrogens (tertiary/aromatic N) is 3. The van der Waals surface area contributed by atoms with Crippen molar-refractivity contribution < 1.29 is 0 Å². The lowest BCUT2D eigenvalue weighted by molar-refractivity contribution is 0.163. The molecule has 0 amide bonds. The van der Waals surface area contributed by atoms with E-state index in [0.29, 0.717) is 6.04 Å². The molecule has 2 N–H and O–H groups in total. The second-order valence-corrected chi connectivity index (χ2v) is 8.03. The van der Waals surface area contributed by atoms with Crippen molar-refractivity contribution in [2.75, 3.05) is 44.7 Å². The van der Waals surface area contributed by atoms with Crippen molar-refractivity contribution in [2.24, 2.45) is 4.99 Å². The first-order chi connectivity index (χ1) is 13.2. The van der Waals surface area contributed by atoms with Crippen molar-refractivity contribution in [1.29, 1.82) is 0 Å². The van der Waals surface area contributed by atoms with E-state index in [1.54, 1.807) is 0 Å². The van der Waals surface area contributed by atoms with Gasteiger partial charge in [0, 0.05) is 45.0 Å². The minimum Gasteiger partial charge on any atom is -0.372 e. The fourth-order valence-corrected chi connectivity index (χ4v) is 4.26. The van der Waals surface area contributed by atoms with Crippen molar-refractivity contribution in [2.45, 2.75) is 58.0 Å². The molecule has 2 aliphatic rings. The van der Waals surface area contributed by atoms with Crippen LogP contribution in [0.15, 0.2) is 29.3 Å². The summed E-state index contributed by atoms with van der Waals surface area (Å²) in [6.07, 6.45) is 6.66. The Bertz CT molecular complexity index is 608. The zero-order valence-electron chi connectivity index (χ0n) is 17.4. The number of nitrogens with one attached hydrogen (secondary N) is 2. The molecule has 1 aromatic carbocycles. The molecule has 0 spiro atoms. The van der Waals surface area contributed by atoms with Crippen LogP contribution in [0.1, 0.15) is 57.6 Å². The monoisotopic (exact) mass is 371 g/mol. The van der Waals surface area contributed by atoms with E-state index in [1.807, 2.05) is 7.05 Å². The molecule has 27 heavy (non-hydrogen) atoms. The van der Waals surface area contributed by atoms with Gasteiger partial charge in [-0.3, -0.25) is 9.89 Å². The molecule has 2 aliphatic heterocycles. The molecule has 5 heteroatoms. The second kappa shape index (κ2) is 9.98. The second-order valence-electron chi connectivity index (χ2n) is 8.03. The van der Waals surface area contributed by atoms with Gasteiger partial charge in [0.1, 0.15) is 0 Å². The van der Waals surface area contributed by atoms with E-state index in [-0.39, 0.29) is 6.04 Å². The molecule has 0 aliphatic carbocycles. The van der Waals surface area contributed by atoms with Crippen LogP contribution in [0.3, 0.4) is 0 Å². The summed E-state index contributed by atoms with van der Waals surface area (Å²) in [5.41, 5.74) is 2.66. The van der Waals surface area contributed by atoms with Gasteiger partial charge in [-0.05, 0) is 63.8 Å². The summed E-state index contributed by atoms with van der Waals surface area (Å²) in [7, 11) is 1.85. The van der Waals surface area contributed by atoms with Gasteiger partial charge < -0.3 is 15.5 Å². The van der Waals surface area contributed by atoms with Crippen molar-refractivity contribution in [3.8, 4) is 0 Å². The van der Waals surface area contributed by atoms with Crippen molar-refractivity contribution in [3.63, 3.8) is 0 Å². The molecule has 150 valence electrons. The molecular weight excluding hydrogens is 334 g/mol. The van der Waals surface area contributed by atoms with Gasteiger partial charge in [0.2, 0.25) is 0 Å². The van der Waals surface area contributed by atoms with Gasteiger partial charge >= 0.3 is 0 Å². The normalized spacial score (nSPS) is 22.7. The van der Waals surface area contributed by atoms with Crippen LogP contribution in [0.4, 0.5) is 5.69 Å². The molecule has 2 unspecified atom stereocenters. The lowest BCUT2D eigenvalue weighted by atomic mass is 10.0. The summed E-state index contributed by atoms with van der Waals surface area (Å²) < 4.78 is 0. The van der Waals surface area contributed by atoms with Crippen LogP contribution >= 0.6 is 0 Å². The Morgan fingerprint density at radius 2 is 1.96 bits per heavy atom. The predicted molar refractivity (Wildman–Crippen MR) is 116 cm³/mol. The van der Waals surface area contributed by atoms with Crippen molar-refractivity contribution >= 4 is 11.6 Å². The Kier molecular flexibility index (Phi) is 7.39. The third kappa shape index (κ3) is 5.61. The summed E-state index contributed by atoms with van der Waals surface area (Å²) >= 11 is 0. The molecule has 3 rings (SSSR count). The van der Waals surface area contributed by atoms with E-state index >= 15 is 0 Å². The van der Waals surface area contributed by atoms with E-state index in [9.17, 15) is 0 Å². The van der Waals surface area contributed by atoms with Gasteiger partial charge in [-0.15, -0.1) is 0 Å². The van der Waals surface area contributed by atoms with Crippen LogP contribution in [0, 0.1) is 0 Å². The van der Waals surface area contributed by atoms with Crippen LogP contribution in [-0.4, -0.2) is 56.7 Å². The molecule has 0 aromatic heterocycles. The summed E-state index contributed by atoms with van der Waals surface area (Å²) in [6.45, 7) is 10.2. The topological polar surface area (TPSA) is 42.9 Å². The average Bonchev–Trinajstić information content (AvgIpc) is 3.23. The molecule has 0 saturated carbocycles. The number of benzene rings is 1. The molecule has 5 nitrogen and oxygen atoms in total. The maximum Gasteiger partial charge on any atom is 0.191 e. The highest BCUT2D eigenvalue weighted by Gasteiger charge is 2.18. The van der Waals surface area contributed by atoms with Crippen molar-refractivity contribution in [3.05, 3.63) is 29.8 Å². The highest BCUT2D eigenvalue weighted by atomic mass is 15.2. The summed E-state index contributed by atoms with van der Waals surface area (Å²) in [6, 6.07) is 9.88. The highest BCUT2D eigenvalue weighted by Crippen LogP contribution is 2.24. The summed E-state index contributed by atoms with van der Waals surface area (Å²) in [4.78, 5) is 9.50. The van der Waals surface area contributed by atoms with E-state index < -0.39 is 0 Å². The van der Waals surface area contributed by atoms with Gasteiger partial charge in [-0.2, -0.15) is 0 Å². The van der Waals surface area contributed by atoms with Crippen LogP contribution in [0.25, 0.3) is 0 Å². The molecule has 2 heterocycles. The maximum atomic E-state index is 4.42. The number of piperidine rings is 1. The molecule has 2 saturated heterocycles. The Hall–Kier alpha value is -1.75. The number of anilines is 1. The highest BCUT2D eigenvalue weighted by molar-refractivity contribution is 5.80. The summed E-state index contributed by atoms with van der Waals surface area (Å²) in [5, 5.41) is 7.05. The molecule has 0 bridgehead atoms. The lowest BCUT2D eigenvalue weighted by Crippen LogP contribution is -2.45. The minimum atomic E-state index is 0.229. The fraction of sp³-hybridized carbons (Fsp3) is 0.682. The van der Waals surface area contributed by atoms with E-state index in [1.165, 1.54) is 63.0 Å². The third-order valence-corrected chi connectivity index (χ3v) is 6.05. The van der Waals surface area contributed by atoms with Crippen molar-refractivity contribution in [1.82, 2.24) is 15.5 Å². The van der Waals surface area contributed by atoms with E-state index in [2.05, 4.69) is 63.5 Å². The number of hydrogen-bond acceptors (Lipinski definition) is 3. The number of aliphatic imine (C=N–C) groups is 1. The number of rotatable bonds is 6. The predicted octanol–water partition coefficient (Wildman–Crippen LogP) is 3.39. The number of hydrogen-bond donors (Lipinski definition) is 2. The van der Waals surface area contributed by atoms with Gasteiger partial charge in [0.05, 0.1) is 6.04 Å². The number of guanidine groups is 1. The summed E-state index contributed by atoms with van der Waals surface area (Å²) in [5.74, 6) is 0.888. The molecular formula is C22H37N5. The first-order valence-electron chi connectivity index (χ1n) is 10.7. The Balaban J connectivity index is 1.49. The zero-order chi connectivity index (χ0) is 19.1.